The molecule has 0 amide bonds. The molecule has 0 bridgehead atoms. The molecule has 0 aliphatic carbocycles. The van der Waals surface area contributed by atoms with Crippen molar-refractivity contribution in [3.05, 3.63) is 46.2 Å². The van der Waals surface area contributed by atoms with E-state index in [1.807, 2.05) is 0 Å². The van der Waals surface area contributed by atoms with Crippen molar-refractivity contribution >= 4 is 5.69 Å². The van der Waals surface area contributed by atoms with Crippen LogP contribution in [0.2, 0.25) is 0 Å². The van der Waals surface area contributed by atoms with Crippen LogP contribution in [0.5, 0.6) is 0 Å². The van der Waals surface area contributed by atoms with Crippen LogP contribution in [0.15, 0.2) is 34.9 Å². The molecule has 1 heterocycles. The molecule has 0 fully saturated rings. The highest BCUT2D eigenvalue weighted by atomic mass is 16.6. The Hall–Kier alpha value is -2.21. The van der Waals surface area contributed by atoms with Crippen molar-refractivity contribution < 1.29 is 14.6 Å². The molecule has 0 saturated heterocycles. The lowest BCUT2D eigenvalue weighted by Gasteiger charge is -1.94. The Morgan fingerprint density at radius 3 is 2.65 bits per heavy atom. The van der Waals surface area contributed by atoms with Crippen LogP contribution in [0.4, 0.5) is 5.69 Å². The zero-order valence-electron chi connectivity index (χ0n) is 8.87. The Labute approximate surface area is 96.6 Å². The number of benzene rings is 1. The van der Waals surface area contributed by atoms with Crippen LogP contribution in [0, 0.1) is 10.1 Å². The summed E-state index contributed by atoms with van der Waals surface area (Å²) >= 11 is 0. The molecule has 0 atom stereocenters. The van der Waals surface area contributed by atoms with Crippen LogP contribution in [0.1, 0.15) is 5.76 Å². The maximum Gasteiger partial charge on any atom is 0.269 e. The van der Waals surface area contributed by atoms with Gasteiger partial charge < -0.3 is 9.63 Å². The first-order valence-electron chi connectivity index (χ1n) is 5.02. The monoisotopic (exact) mass is 234 g/mol. The summed E-state index contributed by atoms with van der Waals surface area (Å²) in [4.78, 5) is 10.0. The standard InChI is InChI=1S/C11H10N2O4/c14-6-5-10-7-11(12-17-10)8-1-3-9(4-2-8)13(15)16/h1-4,7,14H,5-6H2. The summed E-state index contributed by atoms with van der Waals surface area (Å²) in [5.41, 5.74) is 1.37. The van der Waals surface area contributed by atoms with Crippen molar-refractivity contribution in [1.82, 2.24) is 5.16 Å². The Balaban J connectivity index is 2.23. The van der Waals surface area contributed by atoms with Crippen molar-refractivity contribution in [2.75, 3.05) is 6.61 Å². The maximum atomic E-state index is 10.5. The number of rotatable bonds is 4. The molecule has 2 aromatic rings. The highest BCUT2D eigenvalue weighted by Crippen LogP contribution is 2.22. The van der Waals surface area contributed by atoms with E-state index < -0.39 is 4.92 Å². The van der Waals surface area contributed by atoms with E-state index in [2.05, 4.69) is 5.16 Å². The second kappa shape index (κ2) is 4.75. The molecule has 6 heteroatoms. The summed E-state index contributed by atoms with van der Waals surface area (Å²) in [5.74, 6) is 0.584. The number of non-ortho nitro benzene ring substituents is 1. The summed E-state index contributed by atoms with van der Waals surface area (Å²) in [6.07, 6.45) is 0.403. The van der Waals surface area contributed by atoms with Crippen LogP contribution in [-0.2, 0) is 6.42 Å². The lowest BCUT2D eigenvalue weighted by Crippen LogP contribution is -1.87. The molecule has 0 aliphatic heterocycles. The third kappa shape index (κ3) is 2.48. The van der Waals surface area contributed by atoms with Crippen LogP contribution in [-0.4, -0.2) is 21.8 Å². The predicted molar refractivity (Wildman–Crippen MR) is 59.4 cm³/mol. The summed E-state index contributed by atoms with van der Waals surface area (Å²) in [6.45, 7) is -0.00506. The fourth-order valence-electron chi connectivity index (χ4n) is 1.43. The van der Waals surface area contributed by atoms with Gasteiger partial charge in [-0.05, 0) is 12.1 Å². The number of aliphatic hydroxyl groups is 1. The molecule has 0 unspecified atom stereocenters. The Bertz CT molecular complexity index is 519. The summed E-state index contributed by atoms with van der Waals surface area (Å²) in [7, 11) is 0. The number of nitrogens with zero attached hydrogens (tertiary/aromatic N) is 2. The molecule has 1 aromatic carbocycles. The molecular formula is C11H10N2O4. The van der Waals surface area contributed by atoms with E-state index in [-0.39, 0.29) is 12.3 Å². The van der Waals surface area contributed by atoms with Gasteiger partial charge in [-0.2, -0.15) is 0 Å². The average molecular weight is 234 g/mol. The van der Waals surface area contributed by atoms with Gasteiger partial charge in [0.15, 0.2) is 0 Å². The summed E-state index contributed by atoms with van der Waals surface area (Å²) < 4.78 is 4.99. The Morgan fingerprint density at radius 1 is 1.35 bits per heavy atom. The minimum Gasteiger partial charge on any atom is -0.396 e. The molecule has 2 rings (SSSR count). The van der Waals surface area contributed by atoms with Crippen LogP contribution >= 0.6 is 0 Å². The molecule has 1 aromatic heterocycles. The number of aliphatic hydroxyl groups excluding tert-OH is 1. The molecule has 1 N–H and O–H groups in total. The van der Waals surface area contributed by atoms with Gasteiger partial charge in [-0.3, -0.25) is 10.1 Å². The van der Waals surface area contributed by atoms with E-state index in [1.165, 1.54) is 12.1 Å². The van der Waals surface area contributed by atoms with Gasteiger partial charge in [-0.15, -0.1) is 0 Å². The maximum absolute atomic E-state index is 10.5. The summed E-state index contributed by atoms with van der Waals surface area (Å²) in [6, 6.07) is 7.75. The topological polar surface area (TPSA) is 89.4 Å². The Morgan fingerprint density at radius 2 is 2.06 bits per heavy atom. The summed E-state index contributed by atoms with van der Waals surface area (Å²) in [5, 5.41) is 23.0. The van der Waals surface area contributed by atoms with Crippen LogP contribution < -0.4 is 0 Å². The molecule has 17 heavy (non-hydrogen) atoms. The quantitative estimate of drug-likeness (QED) is 0.643. The van der Waals surface area contributed by atoms with E-state index in [4.69, 9.17) is 9.63 Å². The number of nitro groups is 1. The van der Waals surface area contributed by atoms with Crippen LogP contribution in [0.25, 0.3) is 11.3 Å². The van der Waals surface area contributed by atoms with Gasteiger partial charge in [0.2, 0.25) is 0 Å². The smallest absolute Gasteiger partial charge is 0.269 e. The van der Waals surface area contributed by atoms with Crippen molar-refractivity contribution in [3.8, 4) is 11.3 Å². The zero-order valence-corrected chi connectivity index (χ0v) is 8.87. The first-order chi connectivity index (χ1) is 8.20. The van der Waals surface area contributed by atoms with Gasteiger partial charge in [0.25, 0.3) is 5.69 Å². The largest absolute Gasteiger partial charge is 0.396 e. The second-order valence-electron chi connectivity index (χ2n) is 3.46. The number of hydrogen-bond donors (Lipinski definition) is 1. The molecule has 0 aliphatic rings. The van der Waals surface area contributed by atoms with E-state index in [0.29, 0.717) is 17.9 Å². The molecule has 6 nitrogen and oxygen atoms in total. The highest BCUT2D eigenvalue weighted by Gasteiger charge is 2.09. The number of nitro benzene ring substituents is 1. The number of aromatic nitrogens is 1. The van der Waals surface area contributed by atoms with E-state index >= 15 is 0 Å². The Kier molecular flexibility index (Phi) is 3.15. The average Bonchev–Trinajstić information content (AvgIpc) is 2.78. The van der Waals surface area contributed by atoms with E-state index in [9.17, 15) is 10.1 Å². The minimum atomic E-state index is -0.455. The van der Waals surface area contributed by atoms with Crippen molar-refractivity contribution in [1.29, 1.82) is 0 Å². The normalized spacial score (nSPS) is 10.4. The van der Waals surface area contributed by atoms with Gasteiger partial charge in [0.05, 0.1) is 11.5 Å². The third-order valence-electron chi connectivity index (χ3n) is 2.29. The van der Waals surface area contributed by atoms with Gasteiger partial charge in [-0.25, -0.2) is 0 Å². The molecular weight excluding hydrogens is 224 g/mol. The highest BCUT2D eigenvalue weighted by molar-refractivity contribution is 5.60. The minimum absolute atomic E-state index is 0.00506. The van der Waals surface area contributed by atoms with E-state index in [0.717, 1.165) is 5.56 Å². The van der Waals surface area contributed by atoms with Crippen molar-refractivity contribution in [2.45, 2.75) is 6.42 Å². The first kappa shape index (κ1) is 11.3. The van der Waals surface area contributed by atoms with Crippen molar-refractivity contribution in [3.63, 3.8) is 0 Å². The van der Waals surface area contributed by atoms with Crippen molar-refractivity contribution in [2.24, 2.45) is 0 Å². The molecule has 0 spiro atoms. The molecule has 0 saturated carbocycles. The predicted octanol–water partition coefficient (Wildman–Crippen LogP) is 1.78. The third-order valence-corrected chi connectivity index (χ3v) is 2.29. The van der Waals surface area contributed by atoms with Gasteiger partial charge in [0.1, 0.15) is 11.5 Å². The number of hydrogen-bond acceptors (Lipinski definition) is 5. The first-order valence-corrected chi connectivity index (χ1v) is 5.02. The second-order valence-corrected chi connectivity index (χ2v) is 3.46. The molecule has 0 radical (unpaired) electrons. The zero-order chi connectivity index (χ0) is 12.3. The van der Waals surface area contributed by atoms with E-state index in [1.54, 1.807) is 18.2 Å². The van der Waals surface area contributed by atoms with Gasteiger partial charge in [-0.1, -0.05) is 5.16 Å². The fraction of sp³-hybridized carbons (Fsp3) is 0.182. The fourth-order valence-corrected chi connectivity index (χ4v) is 1.43. The SMILES string of the molecule is O=[N+]([O-])c1ccc(-c2cc(CCO)on2)cc1. The lowest BCUT2D eigenvalue weighted by molar-refractivity contribution is -0.384. The van der Waals surface area contributed by atoms with Crippen LogP contribution in [0.3, 0.4) is 0 Å². The van der Waals surface area contributed by atoms with Gasteiger partial charge in [0, 0.05) is 30.2 Å². The molecule has 88 valence electrons. The lowest BCUT2D eigenvalue weighted by atomic mass is 10.1. The van der Waals surface area contributed by atoms with Gasteiger partial charge >= 0.3 is 0 Å².